The van der Waals surface area contributed by atoms with Gasteiger partial charge in [-0.1, -0.05) is 23.7 Å². The van der Waals surface area contributed by atoms with E-state index < -0.39 is 0 Å². The molecule has 1 aromatic heterocycles. The van der Waals surface area contributed by atoms with Crippen molar-refractivity contribution in [2.45, 2.75) is 18.7 Å². The molecule has 0 aliphatic rings. The van der Waals surface area contributed by atoms with Crippen molar-refractivity contribution in [2.24, 2.45) is 0 Å². The van der Waals surface area contributed by atoms with E-state index in [0.717, 1.165) is 19.9 Å². The third-order valence-electron chi connectivity index (χ3n) is 2.80. The highest BCUT2D eigenvalue weighted by molar-refractivity contribution is 14.1. The molecule has 0 N–H and O–H groups in total. The fourth-order valence-corrected chi connectivity index (χ4v) is 2.53. The van der Waals surface area contributed by atoms with Gasteiger partial charge in [0.25, 0.3) is 0 Å². The molecule has 0 bridgehead atoms. The van der Waals surface area contributed by atoms with Crippen molar-refractivity contribution < 1.29 is 0 Å². The molecule has 1 atom stereocenters. The Morgan fingerprint density at radius 2 is 2.11 bits per heavy atom. The fourth-order valence-electron chi connectivity index (χ4n) is 1.73. The zero-order valence-electron chi connectivity index (χ0n) is 9.83. The van der Waals surface area contributed by atoms with E-state index in [0.29, 0.717) is 6.42 Å². The van der Waals surface area contributed by atoms with Gasteiger partial charge in [-0.15, -0.1) is 11.6 Å². The molecule has 1 heterocycles. The van der Waals surface area contributed by atoms with Crippen LogP contribution in [0.3, 0.4) is 0 Å². The number of halogens is 3. The lowest BCUT2D eigenvalue weighted by molar-refractivity contribution is 0.869. The molecule has 2 aromatic rings. The summed E-state index contributed by atoms with van der Waals surface area (Å²) in [6.07, 6.45) is 2.51. The van der Waals surface area contributed by atoms with Crippen LogP contribution in [0, 0.1) is 10.5 Å². The zero-order valence-corrected chi connectivity index (χ0v) is 13.5. The first-order chi connectivity index (χ1) is 8.58. The molecule has 0 aliphatic heterocycles. The third-order valence-corrected chi connectivity index (χ3v) is 4.77. The minimum absolute atomic E-state index is 0.104. The summed E-state index contributed by atoms with van der Waals surface area (Å²) >= 11 is 14.8. The Hall–Kier alpha value is -0.320. The second-order valence-corrected chi connectivity index (χ2v) is 6.21. The number of aromatic nitrogens is 1. The van der Waals surface area contributed by atoms with Gasteiger partial charge in [-0.25, -0.2) is 0 Å². The van der Waals surface area contributed by atoms with Gasteiger partial charge >= 0.3 is 0 Å². The van der Waals surface area contributed by atoms with E-state index in [4.69, 9.17) is 23.2 Å². The highest BCUT2D eigenvalue weighted by Crippen LogP contribution is 2.29. The molecule has 1 nitrogen and oxygen atoms in total. The molecule has 0 radical (unpaired) electrons. The van der Waals surface area contributed by atoms with Gasteiger partial charge < -0.3 is 0 Å². The normalized spacial score (nSPS) is 12.4. The van der Waals surface area contributed by atoms with Gasteiger partial charge in [0.2, 0.25) is 0 Å². The SMILES string of the molecule is Cc1cccnc1CC(Cl)c1ccc(I)c(Cl)c1. The van der Waals surface area contributed by atoms with Crippen molar-refractivity contribution in [1.82, 2.24) is 4.98 Å². The first-order valence-electron chi connectivity index (χ1n) is 5.57. The molecule has 94 valence electrons. The number of hydrogen-bond acceptors (Lipinski definition) is 1. The molecular formula is C14H12Cl2IN. The van der Waals surface area contributed by atoms with Crippen LogP contribution in [-0.2, 0) is 6.42 Å². The Morgan fingerprint density at radius 1 is 1.33 bits per heavy atom. The molecule has 0 fully saturated rings. The van der Waals surface area contributed by atoms with Gasteiger partial charge in [0, 0.05) is 21.9 Å². The van der Waals surface area contributed by atoms with Crippen molar-refractivity contribution >= 4 is 45.8 Å². The maximum atomic E-state index is 6.44. The number of nitrogens with zero attached hydrogens (tertiary/aromatic N) is 1. The van der Waals surface area contributed by atoms with Crippen molar-refractivity contribution in [1.29, 1.82) is 0 Å². The van der Waals surface area contributed by atoms with Gasteiger partial charge in [0.05, 0.1) is 10.4 Å². The first kappa shape index (κ1) is 14.1. The van der Waals surface area contributed by atoms with Gasteiger partial charge in [0.1, 0.15) is 0 Å². The Kier molecular flexibility index (Phi) is 4.87. The molecule has 2 rings (SSSR count). The van der Waals surface area contributed by atoms with Crippen LogP contribution >= 0.6 is 45.8 Å². The number of alkyl halides is 1. The van der Waals surface area contributed by atoms with Crippen LogP contribution in [0.4, 0.5) is 0 Å². The minimum atomic E-state index is -0.104. The van der Waals surface area contributed by atoms with E-state index >= 15 is 0 Å². The Bertz CT molecular complexity index is 557. The highest BCUT2D eigenvalue weighted by atomic mass is 127. The molecule has 0 saturated heterocycles. The average Bonchev–Trinajstić information content (AvgIpc) is 2.35. The van der Waals surface area contributed by atoms with E-state index in [9.17, 15) is 0 Å². The number of hydrogen-bond donors (Lipinski definition) is 0. The second-order valence-electron chi connectivity index (χ2n) is 4.11. The lowest BCUT2D eigenvalue weighted by Crippen LogP contribution is -2.00. The number of rotatable bonds is 3. The van der Waals surface area contributed by atoms with Crippen LogP contribution in [0.1, 0.15) is 22.2 Å². The number of pyridine rings is 1. The zero-order chi connectivity index (χ0) is 13.1. The van der Waals surface area contributed by atoms with Gasteiger partial charge in [-0.05, 0) is 58.8 Å². The summed E-state index contributed by atoms with van der Waals surface area (Å²) in [6, 6.07) is 9.92. The highest BCUT2D eigenvalue weighted by Gasteiger charge is 2.12. The van der Waals surface area contributed by atoms with Crippen molar-refractivity contribution in [3.8, 4) is 0 Å². The molecule has 18 heavy (non-hydrogen) atoms. The van der Waals surface area contributed by atoms with Crippen LogP contribution in [0.25, 0.3) is 0 Å². The maximum absolute atomic E-state index is 6.44. The summed E-state index contributed by atoms with van der Waals surface area (Å²) < 4.78 is 1.04. The standard InChI is InChI=1S/C14H12Cl2IN/c1-9-3-2-6-18-14(9)8-11(15)10-4-5-13(17)12(16)7-10/h2-7,11H,8H2,1H3. The second kappa shape index (κ2) is 6.22. The smallest absolute Gasteiger partial charge is 0.0641 e. The molecule has 4 heteroatoms. The summed E-state index contributed by atoms with van der Waals surface area (Å²) in [5.41, 5.74) is 3.24. The van der Waals surface area contributed by atoms with E-state index in [1.54, 1.807) is 6.20 Å². The lowest BCUT2D eigenvalue weighted by atomic mass is 10.0. The van der Waals surface area contributed by atoms with Crippen LogP contribution in [0.15, 0.2) is 36.5 Å². The van der Waals surface area contributed by atoms with Gasteiger partial charge in [-0.2, -0.15) is 0 Å². The van der Waals surface area contributed by atoms with E-state index in [2.05, 4.69) is 27.6 Å². The van der Waals surface area contributed by atoms with Crippen molar-refractivity contribution in [2.75, 3.05) is 0 Å². The van der Waals surface area contributed by atoms with E-state index in [1.165, 1.54) is 5.56 Å². The predicted molar refractivity (Wildman–Crippen MR) is 85.4 cm³/mol. The predicted octanol–water partition coefficient (Wildman–Crippen LogP) is 5.17. The summed E-state index contributed by atoms with van der Waals surface area (Å²) in [7, 11) is 0. The summed E-state index contributed by atoms with van der Waals surface area (Å²) in [6.45, 7) is 2.05. The molecule has 1 unspecified atom stereocenters. The van der Waals surface area contributed by atoms with E-state index in [1.807, 2.05) is 37.3 Å². The monoisotopic (exact) mass is 391 g/mol. The molecular weight excluding hydrogens is 380 g/mol. The molecule has 0 aliphatic carbocycles. The van der Waals surface area contributed by atoms with Crippen LogP contribution in [0.2, 0.25) is 5.02 Å². The van der Waals surface area contributed by atoms with Crippen molar-refractivity contribution in [3.05, 3.63) is 61.9 Å². The topological polar surface area (TPSA) is 12.9 Å². The van der Waals surface area contributed by atoms with Crippen LogP contribution in [0.5, 0.6) is 0 Å². The first-order valence-corrected chi connectivity index (χ1v) is 7.46. The van der Waals surface area contributed by atoms with E-state index in [-0.39, 0.29) is 5.38 Å². The lowest BCUT2D eigenvalue weighted by Gasteiger charge is -2.12. The summed E-state index contributed by atoms with van der Waals surface area (Å²) in [5.74, 6) is 0. The van der Waals surface area contributed by atoms with Crippen LogP contribution in [-0.4, -0.2) is 4.98 Å². The average molecular weight is 392 g/mol. The Morgan fingerprint density at radius 3 is 2.78 bits per heavy atom. The van der Waals surface area contributed by atoms with Crippen LogP contribution < -0.4 is 0 Å². The fraction of sp³-hybridized carbons (Fsp3) is 0.214. The quantitative estimate of drug-likeness (QED) is 0.519. The third kappa shape index (κ3) is 3.37. The maximum Gasteiger partial charge on any atom is 0.0641 e. The van der Waals surface area contributed by atoms with Gasteiger partial charge in [0.15, 0.2) is 0 Å². The molecule has 1 aromatic carbocycles. The largest absolute Gasteiger partial charge is 0.261 e. The number of aryl methyl sites for hydroxylation is 1. The molecule has 0 spiro atoms. The minimum Gasteiger partial charge on any atom is -0.261 e. The summed E-state index contributed by atoms with van der Waals surface area (Å²) in [4.78, 5) is 4.36. The van der Waals surface area contributed by atoms with Crippen molar-refractivity contribution in [3.63, 3.8) is 0 Å². The Balaban J connectivity index is 2.19. The molecule has 0 saturated carbocycles. The Labute approximate surface area is 131 Å². The van der Waals surface area contributed by atoms with Gasteiger partial charge in [-0.3, -0.25) is 4.98 Å². The molecule has 0 amide bonds. The summed E-state index contributed by atoms with van der Waals surface area (Å²) in [5, 5.41) is 0.643. The number of benzene rings is 1.